The van der Waals surface area contributed by atoms with Crippen LogP contribution in [0.5, 0.6) is 0 Å². The molecule has 7 nitrogen and oxygen atoms in total. The van der Waals surface area contributed by atoms with Gasteiger partial charge in [-0.1, -0.05) is 6.92 Å². The first-order valence-electron chi connectivity index (χ1n) is 7.33. The van der Waals surface area contributed by atoms with Gasteiger partial charge in [-0.25, -0.2) is 4.98 Å². The van der Waals surface area contributed by atoms with Crippen LogP contribution in [0.25, 0.3) is 11.6 Å². The van der Waals surface area contributed by atoms with E-state index in [1.54, 1.807) is 12.5 Å². The van der Waals surface area contributed by atoms with Gasteiger partial charge in [0.15, 0.2) is 15.3 Å². The summed E-state index contributed by atoms with van der Waals surface area (Å²) in [6.07, 6.45) is 4.08. The number of hydrogen-bond acceptors (Lipinski definition) is 8. The molecule has 0 saturated carbocycles. The first-order valence-corrected chi connectivity index (χ1v) is 8.92. The van der Waals surface area contributed by atoms with Crippen molar-refractivity contribution < 1.29 is 8.83 Å². The summed E-state index contributed by atoms with van der Waals surface area (Å²) in [7, 11) is 0. The molecule has 0 spiro atoms. The third-order valence-electron chi connectivity index (χ3n) is 3.30. The van der Waals surface area contributed by atoms with Crippen LogP contribution in [0.4, 0.5) is 0 Å². The molecular weight excluding hydrogens is 346 g/mol. The van der Waals surface area contributed by atoms with Gasteiger partial charge in [0.2, 0.25) is 5.82 Å². The Morgan fingerprint density at radius 2 is 2.04 bits per heavy atom. The highest BCUT2D eigenvalue weighted by Crippen LogP contribution is 2.31. The van der Waals surface area contributed by atoms with Gasteiger partial charge < -0.3 is 8.83 Å². The quantitative estimate of drug-likeness (QED) is 0.518. The fraction of sp³-hybridized carbons (Fsp3) is 0.200. The van der Waals surface area contributed by atoms with E-state index in [0.29, 0.717) is 18.1 Å². The topological polar surface area (TPSA) is 82.8 Å². The third-order valence-corrected chi connectivity index (χ3v) is 5.07. The highest BCUT2D eigenvalue weighted by molar-refractivity contribution is 8.00. The lowest BCUT2D eigenvalue weighted by molar-refractivity contribution is 0.482. The van der Waals surface area contributed by atoms with E-state index in [-0.39, 0.29) is 0 Å². The summed E-state index contributed by atoms with van der Waals surface area (Å²) >= 11 is 2.81. The van der Waals surface area contributed by atoms with Gasteiger partial charge in [0.05, 0.1) is 19.1 Å². The zero-order valence-electron chi connectivity index (χ0n) is 12.7. The van der Waals surface area contributed by atoms with E-state index in [4.69, 9.17) is 8.83 Å². The van der Waals surface area contributed by atoms with E-state index in [1.165, 1.54) is 23.3 Å². The Bertz CT molecular complexity index is 912. The number of nitrogens with zero attached hydrogens (tertiary/aromatic N) is 5. The maximum Gasteiger partial charge on any atom is 0.200 e. The highest BCUT2D eigenvalue weighted by atomic mass is 32.2. The van der Waals surface area contributed by atoms with Crippen molar-refractivity contribution in [3.63, 3.8) is 0 Å². The molecule has 0 aliphatic rings. The molecule has 0 radical (unpaired) electrons. The van der Waals surface area contributed by atoms with Crippen molar-refractivity contribution in [1.29, 1.82) is 0 Å². The van der Waals surface area contributed by atoms with E-state index in [0.717, 1.165) is 27.5 Å². The number of hydrogen-bond donors (Lipinski definition) is 0. The van der Waals surface area contributed by atoms with Crippen molar-refractivity contribution in [1.82, 2.24) is 24.1 Å². The van der Waals surface area contributed by atoms with Crippen molar-refractivity contribution in [2.75, 3.05) is 0 Å². The second-order valence-corrected chi connectivity index (χ2v) is 6.85. The Labute approximate surface area is 145 Å². The van der Waals surface area contributed by atoms with Gasteiger partial charge in [0.1, 0.15) is 11.6 Å². The monoisotopic (exact) mass is 359 g/mol. The number of furan rings is 2. The van der Waals surface area contributed by atoms with Crippen molar-refractivity contribution in [2.24, 2.45) is 0 Å². The van der Waals surface area contributed by atoms with Crippen LogP contribution in [0.2, 0.25) is 0 Å². The summed E-state index contributed by atoms with van der Waals surface area (Å²) in [5, 5.41) is 9.29. The maximum absolute atomic E-state index is 5.48. The minimum absolute atomic E-state index is 0.512. The molecule has 24 heavy (non-hydrogen) atoms. The van der Waals surface area contributed by atoms with Crippen LogP contribution in [0.15, 0.2) is 55.1 Å². The van der Waals surface area contributed by atoms with Gasteiger partial charge in [-0.15, -0.1) is 10.2 Å². The molecule has 0 fully saturated rings. The van der Waals surface area contributed by atoms with Gasteiger partial charge in [-0.3, -0.25) is 4.57 Å². The third kappa shape index (κ3) is 3.00. The first kappa shape index (κ1) is 15.2. The standard InChI is InChI=1S/C15H13N5O2S2/c1-2-12-16-15(24-19-12)23-14-18-17-13(11-6-4-8-22-11)20(14)9-10-5-3-7-21-10/h3-8H,2,9H2,1H3. The highest BCUT2D eigenvalue weighted by Gasteiger charge is 2.19. The molecule has 4 rings (SSSR count). The van der Waals surface area contributed by atoms with Crippen LogP contribution in [0.1, 0.15) is 18.5 Å². The number of rotatable bonds is 6. The SMILES string of the molecule is CCc1nsc(Sc2nnc(-c3ccco3)n2Cc2ccco2)n1. The Morgan fingerprint density at radius 3 is 2.75 bits per heavy atom. The van der Waals surface area contributed by atoms with Crippen molar-refractivity contribution in [2.45, 2.75) is 29.4 Å². The van der Waals surface area contributed by atoms with Crippen LogP contribution in [-0.4, -0.2) is 24.1 Å². The van der Waals surface area contributed by atoms with Crippen LogP contribution < -0.4 is 0 Å². The van der Waals surface area contributed by atoms with Crippen molar-refractivity contribution >= 4 is 23.3 Å². The molecular formula is C15H13N5O2S2. The smallest absolute Gasteiger partial charge is 0.200 e. The lowest BCUT2D eigenvalue weighted by Gasteiger charge is -2.06. The van der Waals surface area contributed by atoms with Crippen molar-refractivity contribution in [3.8, 4) is 11.6 Å². The first-order chi connectivity index (χ1) is 11.8. The molecule has 4 aromatic rings. The van der Waals surface area contributed by atoms with E-state index < -0.39 is 0 Å². The van der Waals surface area contributed by atoms with Gasteiger partial charge in [-0.05, 0) is 47.6 Å². The molecule has 122 valence electrons. The summed E-state index contributed by atoms with van der Waals surface area (Å²) < 4.78 is 18.0. The fourth-order valence-electron chi connectivity index (χ4n) is 2.15. The largest absolute Gasteiger partial charge is 0.467 e. The minimum Gasteiger partial charge on any atom is -0.467 e. The molecule has 0 amide bonds. The van der Waals surface area contributed by atoms with Crippen LogP contribution in [0.3, 0.4) is 0 Å². The minimum atomic E-state index is 0.512. The van der Waals surface area contributed by atoms with Gasteiger partial charge in [0.25, 0.3) is 0 Å². The summed E-state index contributed by atoms with van der Waals surface area (Å²) in [6.45, 7) is 2.54. The van der Waals surface area contributed by atoms with Gasteiger partial charge >= 0.3 is 0 Å². The predicted octanol–water partition coefficient (Wildman–Crippen LogP) is 3.74. The molecule has 0 aliphatic heterocycles. The van der Waals surface area contributed by atoms with E-state index in [9.17, 15) is 0 Å². The Balaban J connectivity index is 1.70. The van der Waals surface area contributed by atoms with Crippen molar-refractivity contribution in [3.05, 3.63) is 48.4 Å². The summed E-state index contributed by atoms with van der Waals surface area (Å²) in [6, 6.07) is 7.46. The molecule has 0 aromatic carbocycles. The molecule has 0 atom stereocenters. The van der Waals surface area contributed by atoms with Crippen LogP contribution >= 0.6 is 23.3 Å². The summed E-state index contributed by atoms with van der Waals surface area (Å²) in [5.41, 5.74) is 0. The Morgan fingerprint density at radius 1 is 1.17 bits per heavy atom. The Kier molecular flexibility index (Phi) is 4.18. The summed E-state index contributed by atoms with van der Waals surface area (Å²) in [4.78, 5) is 4.48. The lowest BCUT2D eigenvalue weighted by atomic mass is 10.4. The average Bonchev–Trinajstić information content (AvgIpc) is 3.37. The van der Waals surface area contributed by atoms with Gasteiger partial charge in [-0.2, -0.15) is 4.37 Å². The second-order valence-electron chi connectivity index (χ2n) is 4.88. The molecule has 4 heterocycles. The molecule has 9 heteroatoms. The van der Waals surface area contributed by atoms with Crippen LogP contribution in [0, 0.1) is 0 Å². The van der Waals surface area contributed by atoms with E-state index >= 15 is 0 Å². The summed E-state index contributed by atoms with van der Waals surface area (Å²) in [5.74, 6) is 2.97. The van der Waals surface area contributed by atoms with E-state index in [2.05, 4.69) is 19.6 Å². The van der Waals surface area contributed by atoms with Crippen LogP contribution in [-0.2, 0) is 13.0 Å². The zero-order valence-corrected chi connectivity index (χ0v) is 14.4. The van der Waals surface area contributed by atoms with E-state index in [1.807, 2.05) is 35.8 Å². The number of aryl methyl sites for hydroxylation is 1. The fourth-order valence-corrected chi connectivity index (χ4v) is 3.79. The average molecular weight is 359 g/mol. The number of aromatic nitrogens is 5. The molecule has 0 aliphatic carbocycles. The molecule has 4 aromatic heterocycles. The predicted molar refractivity (Wildman–Crippen MR) is 88.9 cm³/mol. The molecule has 0 unspecified atom stereocenters. The van der Waals surface area contributed by atoms with Gasteiger partial charge in [0, 0.05) is 6.42 Å². The molecule has 0 saturated heterocycles. The molecule has 0 bridgehead atoms. The lowest BCUT2D eigenvalue weighted by Crippen LogP contribution is -2.02. The zero-order chi connectivity index (χ0) is 16.4. The Hall–Kier alpha value is -2.39. The second kappa shape index (κ2) is 6.62. The molecule has 0 N–H and O–H groups in total. The maximum atomic E-state index is 5.48. The normalized spacial score (nSPS) is 11.2.